The van der Waals surface area contributed by atoms with Gasteiger partial charge in [0.05, 0.1) is 0 Å². The van der Waals surface area contributed by atoms with E-state index in [0.29, 0.717) is 20.5 Å². The lowest BCUT2D eigenvalue weighted by Crippen LogP contribution is -1.96. The molecule has 1 aromatic heterocycles. The van der Waals surface area contributed by atoms with Gasteiger partial charge in [0, 0.05) is 17.0 Å². The van der Waals surface area contributed by atoms with E-state index >= 15 is 0 Å². The van der Waals surface area contributed by atoms with E-state index in [-0.39, 0.29) is 0 Å². The average molecular weight is 293 g/mol. The van der Waals surface area contributed by atoms with Crippen LogP contribution in [-0.2, 0) is 5.51 Å². The van der Waals surface area contributed by atoms with Gasteiger partial charge in [-0.2, -0.15) is 0 Å². The van der Waals surface area contributed by atoms with Crippen molar-refractivity contribution in [2.24, 2.45) is 0 Å². The molecule has 3 rings (SSSR count). The van der Waals surface area contributed by atoms with Crippen LogP contribution < -0.4 is 0 Å². The standard InChI is InChI=1S/C16H12F3S/c1-11-5-4-7-12(9-11)15-10-13-6-2-3-8-14(13)20(15)16(17,18)19/h2-10H,1H3/q+1. The molecule has 1 heterocycles. The number of hydrogen-bond acceptors (Lipinski definition) is 0. The molecule has 0 aliphatic heterocycles. The van der Waals surface area contributed by atoms with Crippen molar-refractivity contribution in [2.45, 2.75) is 12.4 Å². The number of alkyl halides is 3. The molecule has 0 aliphatic rings. The van der Waals surface area contributed by atoms with Crippen LogP contribution in [-0.4, -0.2) is 0 Å². The molecule has 0 N–H and O–H groups in total. The van der Waals surface area contributed by atoms with Crippen LogP contribution in [0.1, 0.15) is 5.56 Å². The maximum absolute atomic E-state index is 13.4. The Labute approximate surface area is 117 Å². The molecule has 0 amide bonds. The Hall–Kier alpha value is -1.81. The molecular formula is C16H12F3S+. The molecule has 0 nitrogen and oxygen atoms in total. The summed E-state index contributed by atoms with van der Waals surface area (Å²) in [6, 6.07) is 15.7. The first kappa shape index (κ1) is 13.2. The number of aryl methyl sites for hydroxylation is 1. The van der Waals surface area contributed by atoms with Gasteiger partial charge in [0.1, 0.15) is 10.5 Å². The van der Waals surface area contributed by atoms with Gasteiger partial charge in [-0.25, -0.2) is 0 Å². The Morgan fingerprint density at radius 3 is 2.35 bits per heavy atom. The molecule has 0 saturated carbocycles. The second-order valence-corrected chi connectivity index (χ2v) is 6.62. The third-order valence-electron chi connectivity index (χ3n) is 3.18. The van der Waals surface area contributed by atoms with Crippen molar-refractivity contribution >= 4 is 20.6 Å². The molecule has 0 spiro atoms. The Kier molecular flexibility index (Phi) is 3.05. The lowest BCUT2D eigenvalue weighted by atomic mass is 10.1. The van der Waals surface area contributed by atoms with Crippen molar-refractivity contribution in [1.29, 1.82) is 0 Å². The summed E-state index contributed by atoms with van der Waals surface area (Å²) in [6.45, 7) is 1.89. The largest absolute Gasteiger partial charge is 0.601 e. The Morgan fingerprint density at radius 1 is 0.900 bits per heavy atom. The van der Waals surface area contributed by atoms with Gasteiger partial charge in [-0.15, -0.1) is 13.2 Å². The summed E-state index contributed by atoms with van der Waals surface area (Å²) in [5.41, 5.74) is -2.63. The van der Waals surface area contributed by atoms with Crippen LogP contribution in [0.3, 0.4) is 0 Å². The molecule has 0 bridgehead atoms. The summed E-state index contributed by atoms with van der Waals surface area (Å²) < 4.78 is 40.7. The van der Waals surface area contributed by atoms with Crippen molar-refractivity contribution in [3.05, 3.63) is 60.2 Å². The van der Waals surface area contributed by atoms with Crippen LogP contribution in [0.25, 0.3) is 20.5 Å². The zero-order valence-electron chi connectivity index (χ0n) is 10.7. The maximum Gasteiger partial charge on any atom is 0.601 e. The van der Waals surface area contributed by atoms with Gasteiger partial charge in [0.2, 0.25) is 0 Å². The zero-order valence-corrected chi connectivity index (χ0v) is 11.6. The fourth-order valence-corrected chi connectivity index (χ4v) is 4.27. The maximum atomic E-state index is 13.4. The van der Waals surface area contributed by atoms with Crippen LogP contribution in [0.4, 0.5) is 13.2 Å². The Morgan fingerprint density at radius 2 is 1.65 bits per heavy atom. The van der Waals surface area contributed by atoms with Gasteiger partial charge in [0.25, 0.3) is 0 Å². The normalized spacial score (nSPS) is 12.9. The molecule has 20 heavy (non-hydrogen) atoms. The van der Waals surface area contributed by atoms with E-state index in [1.807, 2.05) is 19.1 Å². The van der Waals surface area contributed by atoms with E-state index in [0.717, 1.165) is 5.56 Å². The molecule has 0 radical (unpaired) electrons. The van der Waals surface area contributed by atoms with E-state index in [4.69, 9.17) is 0 Å². The smallest absolute Gasteiger partial charge is 0.118 e. The van der Waals surface area contributed by atoms with Gasteiger partial charge in [-0.05, 0) is 31.2 Å². The lowest BCUT2D eigenvalue weighted by Gasteiger charge is -2.01. The third kappa shape index (κ3) is 2.20. The van der Waals surface area contributed by atoms with Crippen molar-refractivity contribution in [3.63, 3.8) is 0 Å². The molecule has 102 valence electrons. The van der Waals surface area contributed by atoms with Crippen molar-refractivity contribution < 1.29 is 13.2 Å². The highest BCUT2D eigenvalue weighted by Gasteiger charge is 2.48. The van der Waals surface area contributed by atoms with Crippen molar-refractivity contribution in [3.8, 4) is 10.4 Å². The molecule has 3 aromatic rings. The Balaban J connectivity index is 2.35. The quantitative estimate of drug-likeness (QED) is 0.480. The van der Waals surface area contributed by atoms with Crippen LogP contribution in [0, 0.1) is 6.92 Å². The minimum absolute atomic E-state index is 0.363. The van der Waals surface area contributed by atoms with E-state index in [2.05, 4.69) is 0 Å². The lowest BCUT2D eigenvalue weighted by molar-refractivity contribution is -0.0864. The molecule has 0 aliphatic carbocycles. The number of thiophene rings is 1. The number of halogens is 3. The highest BCUT2D eigenvalue weighted by Crippen LogP contribution is 2.54. The highest BCUT2D eigenvalue weighted by molar-refractivity contribution is 7.41. The topological polar surface area (TPSA) is 0 Å². The molecular weight excluding hydrogens is 281 g/mol. The summed E-state index contributed by atoms with van der Waals surface area (Å²) in [7, 11) is -1.86. The predicted molar refractivity (Wildman–Crippen MR) is 77.9 cm³/mol. The molecule has 0 fully saturated rings. The number of rotatable bonds is 1. The fourth-order valence-electron chi connectivity index (χ4n) is 2.35. The van der Waals surface area contributed by atoms with E-state index in [1.54, 1.807) is 42.5 Å². The van der Waals surface area contributed by atoms with Gasteiger partial charge in [-0.3, -0.25) is 0 Å². The predicted octanol–water partition coefficient (Wildman–Crippen LogP) is 6.04. The first-order chi connectivity index (χ1) is 9.47. The first-order valence-corrected chi connectivity index (χ1v) is 7.38. The SMILES string of the molecule is Cc1cccc(-c2cc3ccccc3[s+]2C(F)(F)F)c1. The fraction of sp³-hybridized carbons (Fsp3) is 0.125. The number of fused-ring (bicyclic) bond motifs is 1. The summed E-state index contributed by atoms with van der Waals surface area (Å²) in [6.07, 6.45) is 0. The highest BCUT2D eigenvalue weighted by atomic mass is 32.2. The van der Waals surface area contributed by atoms with Crippen molar-refractivity contribution in [1.82, 2.24) is 0 Å². The number of benzene rings is 2. The van der Waals surface area contributed by atoms with Gasteiger partial charge < -0.3 is 0 Å². The monoisotopic (exact) mass is 293 g/mol. The summed E-state index contributed by atoms with van der Waals surface area (Å²) in [5.74, 6) is 0. The summed E-state index contributed by atoms with van der Waals surface area (Å²) in [4.78, 5) is 0.363. The third-order valence-corrected chi connectivity index (χ3v) is 5.25. The minimum Gasteiger partial charge on any atom is -0.118 e. The van der Waals surface area contributed by atoms with Crippen LogP contribution in [0.15, 0.2) is 54.6 Å². The number of hydrogen-bond donors (Lipinski definition) is 0. The van der Waals surface area contributed by atoms with E-state index < -0.39 is 16.0 Å². The van der Waals surface area contributed by atoms with Gasteiger partial charge in [-0.1, -0.05) is 29.8 Å². The Bertz CT molecular complexity index is 769. The van der Waals surface area contributed by atoms with Crippen molar-refractivity contribution in [2.75, 3.05) is 0 Å². The molecule has 0 saturated heterocycles. The minimum atomic E-state index is -4.25. The van der Waals surface area contributed by atoms with Gasteiger partial charge >= 0.3 is 5.51 Å². The summed E-state index contributed by atoms with van der Waals surface area (Å²) in [5, 5.41) is 0.671. The molecule has 4 heteroatoms. The second kappa shape index (κ2) is 4.63. The zero-order chi connectivity index (χ0) is 14.3. The molecule has 2 aromatic carbocycles. The first-order valence-electron chi connectivity index (χ1n) is 6.16. The average Bonchev–Trinajstić information content (AvgIpc) is 2.77. The summed E-state index contributed by atoms with van der Waals surface area (Å²) >= 11 is 0. The van der Waals surface area contributed by atoms with E-state index in [9.17, 15) is 13.2 Å². The molecule has 1 atom stereocenters. The van der Waals surface area contributed by atoms with Crippen LogP contribution >= 0.6 is 10.5 Å². The molecule has 1 unspecified atom stereocenters. The van der Waals surface area contributed by atoms with Gasteiger partial charge in [0.15, 0.2) is 9.58 Å². The second-order valence-electron chi connectivity index (χ2n) is 4.67. The van der Waals surface area contributed by atoms with Crippen LogP contribution in [0.5, 0.6) is 0 Å². The van der Waals surface area contributed by atoms with E-state index in [1.165, 1.54) is 0 Å². The van der Waals surface area contributed by atoms with Crippen LogP contribution in [0.2, 0.25) is 0 Å².